The van der Waals surface area contributed by atoms with Crippen LogP contribution in [0.5, 0.6) is 0 Å². The maximum absolute atomic E-state index is 4.78. The number of para-hydroxylation sites is 2. The second kappa shape index (κ2) is 6.57. The second-order valence-electron chi connectivity index (χ2n) is 5.98. The number of anilines is 2. The number of hydrogen-bond acceptors (Lipinski definition) is 3. The van der Waals surface area contributed by atoms with Crippen LogP contribution >= 0.6 is 11.3 Å². The lowest BCUT2D eigenvalue weighted by molar-refractivity contribution is 0.966. The number of aryl methyl sites for hydroxylation is 1. The van der Waals surface area contributed by atoms with Crippen molar-refractivity contribution in [2.24, 2.45) is 0 Å². The van der Waals surface area contributed by atoms with Gasteiger partial charge < -0.3 is 9.88 Å². The standard InChI is InChI=1S/C21H19N3S/c1-15-13-19(16(2)24(15)18-11-7-4-8-12-18)20-14-25-21(23-20)22-17-9-5-3-6-10-17/h3-14H,1-2H3,(H,22,23). The molecule has 1 N–H and O–H groups in total. The molecule has 2 aromatic carbocycles. The maximum Gasteiger partial charge on any atom is 0.187 e. The Morgan fingerprint density at radius 1 is 0.920 bits per heavy atom. The van der Waals surface area contributed by atoms with Crippen LogP contribution in [0.2, 0.25) is 0 Å². The summed E-state index contributed by atoms with van der Waals surface area (Å²) in [5.74, 6) is 0. The molecular weight excluding hydrogens is 326 g/mol. The van der Waals surface area contributed by atoms with Gasteiger partial charge in [0.1, 0.15) is 0 Å². The fourth-order valence-electron chi connectivity index (χ4n) is 3.10. The van der Waals surface area contributed by atoms with Gasteiger partial charge in [0, 0.05) is 33.7 Å². The summed E-state index contributed by atoms with van der Waals surface area (Å²) in [7, 11) is 0. The SMILES string of the molecule is Cc1cc(-c2csc(Nc3ccccc3)n2)c(C)n1-c1ccccc1. The molecule has 124 valence electrons. The maximum atomic E-state index is 4.78. The molecule has 4 aromatic rings. The van der Waals surface area contributed by atoms with Crippen molar-refractivity contribution in [3.8, 4) is 16.9 Å². The van der Waals surface area contributed by atoms with E-state index in [1.807, 2.05) is 36.4 Å². The van der Waals surface area contributed by atoms with Gasteiger partial charge in [0.25, 0.3) is 0 Å². The van der Waals surface area contributed by atoms with E-state index in [-0.39, 0.29) is 0 Å². The lowest BCUT2D eigenvalue weighted by Crippen LogP contribution is -1.98. The molecule has 0 aliphatic carbocycles. The van der Waals surface area contributed by atoms with Crippen molar-refractivity contribution in [3.05, 3.63) is 83.5 Å². The van der Waals surface area contributed by atoms with Crippen LogP contribution in [0.4, 0.5) is 10.8 Å². The van der Waals surface area contributed by atoms with Gasteiger partial charge in [-0.25, -0.2) is 4.98 Å². The van der Waals surface area contributed by atoms with Gasteiger partial charge in [0.15, 0.2) is 5.13 Å². The molecule has 0 saturated heterocycles. The van der Waals surface area contributed by atoms with Crippen molar-refractivity contribution in [1.82, 2.24) is 9.55 Å². The van der Waals surface area contributed by atoms with Crippen LogP contribution in [-0.2, 0) is 0 Å². The van der Waals surface area contributed by atoms with E-state index in [0.29, 0.717) is 0 Å². The molecule has 0 unspecified atom stereocenters. The van der Waals surface area contributed by atoms with Crippen molar-refractivity contribution >= 4 is 22.2 Å². The number of nitrogens with zero attached hydrogens (tertiary/aromatic N) is 2. The first-order valence-electron chi connectivity index (χ1n) is 8.25. The van der Waals surface area contributed by atoms with E-state index in [4.69, 9.17) is 4.98 Å². The largest absolute Gasteiger partial charge is 0.332 e. The van der Waals surface area contributed by atoms with Crippen LogP contribution in [0.15, 0.2) is 72.1 Å². The zero-order valence-corrected chi connectivity index (χ0v) is 15.0. The molecule has 0 aliphatic heterocycles. The predicted molar refractivity (Wildman–Crippen MR) is 106 cm³/mol. The van der Waals surface area contributed by atoms with Crippen LogP contribution in [0.3, 0.4) is 0 Å². The summed E-state index contributed by atoms with van der Waals surface area (Å²) in [6.45, 7) is 4.29. The molecule has 3 nitrogen and oxygen atoms in total. The average Bonchev–Trinajstić information content (AvgIpc) is 3.21. The molecule has 0 spiro atoms. The summed E-state index contributed by atoms with van der Waals surface area (Å²) in [6, 6.07) is 22.8. The van der Waals surface area contributed by atoms with Gasteiger partial charge in [-0.05, 0) is 44.2 Å². The molecule has 0 fully saturated rings. The lowest BCUT2D eigenvalue weighted by Gasteiger charge is -2.09. The zero-order chi connectivity index (χ0) is 17.2. The Hall–Kier alpha value is -2.85. The van der Waals surface area contributed by atoms with Gasteiger partial charge in [-0.1, -0.05) is 36.4 Å². The van der Waals surface area contributed by atoms with Gasteiger partial charge >= 0.3 is 0 Å². The molecule has 0 saturated carbocycles. The molecule has 0 bridgehead atoms. The van der Waals surface area contributed by atoms with Gasteiger partial charge in [0.05, 0.1) is 5.69 Å². The van der Waals surface area contributed by atoms with Crippen molar-refractivity contribution < 1.29 is 0 Å². The second-order valence-corrected chi connectivity index (χ2v) is 6.84. The summed E-state index contributed by atoms with van der Waals surface area (Å²) in [5.41, 5.74) is 6.85. The summed E-state index contributed by atoms with van der Waals surface area (Å²) in [6.07, 6.45) is 0. The molecular formula is C21H19N3S. The molecule has 0 aliphatic rings. The van der Waals surface area contributed by atoms with Crippen LogP contribution in [0.25, 0.3) is 16.9 Å². The van der Waals surface area contributed by atoms with Gasteiger partial charge in [0.2, 0.25) is 0 Å². The first-order chi connectivity index (χ1) is 12.2. The van der Waals surface area contributed by atoms with Gasteiger partial charge in [-0.3, -0.25) is 0 Å². The van der Waals surface area contributed by atoms with Gasteiger partial charge in [-0.2, -0.15) is 0 Å². The van der Waals surface area contributed by atoms with E-state index in [9.17, 15) is 0 Å². The van der Waals surface area contributed by atoms with Crippen molar-refractivity contribution in [2.45, 2.75) is 13.8 Å². The topological polar surface area (TPSA) is 29.9 Å². The summed E-state index contributed by atoms with van der Waals surface area (Å²) >= 11 is 1.63. The number of aromatic nitrogens is 2. The zero-order valence-electron chi connectivity index (χ0n) is 14.2. The molecule has 0 atom stereocenters. The van der Waals surface area contributed by atoms with Crippen molar-refractivity contribution in [1.29, 1.82) is 0 Å². The summed E-state index contributed by atoms with van der Waals surface area (Å²) in [4.78, 5) is 4.78. The molecule has 0 amide bonds. The highest BCUT2D eigenvalue weighted by atomic mass is 32.1. The summed E-state index contributed by atoms with van der Waals surface area (Å²) in [5, 5.41) is 6.39. The fraction of sp³-hybridized carbons (Fsp3) is 0.0952. The van der Waals surface area contributed by atoms with E-state index in [2.05, 4.69) is 59.4 Å². The minimum absolute atomic E-state index is 0.908. The highest BCUT2D eigenvalue weighted by Crippen LogP contribution is 2.32. The molecule has 25 heavy (non-hydrogen) atoms. The molecule has 2 aromatic heterocycles. The van der Waals surface area contributed by atoms with E-state index in [0.717, 1.165) is 16.5 Å². The summed E-state index contributed by atoms with van der Waals surface area (Å²) < 4.78 is 2.28. The third kappa shape index (κ3) is 3.08. The van der Waals surface area contributed by atoms with E-state index >= 15 is 0 Å². The van der Waals surface area contributed by atoms with Crippen LogP contribution in [0, 0.1) is 13.8 Å². The first-order valence-corrected chi connectivity index (χ1v) is 9.12. The monoisotopic (exact) mass is 345 g/mol. The Morgan fingerprint density at radius 3 is 2.32 bits per heavy atom. The Bertz CT molecular complexity index is 985. The number of hydrogen-bond donors (Lipinski definition) is 1. The Kier molecular flexibility index (Phi) is 4.12. The molecule has 0 radical (unpaired) electrons. The lowest BCUT2D eigenvalue weighted by atomic mass is 10.2. The van der Waals surface area contributed by atoms with E-state index in [1.165, 1.54) is 22.6 Å². The van der Waals surface area contributed by atoms with E-state index in [1.54, 1.807) is 11.3 Å². The van der Waals surface area contributed by atoms with Crippen LogP contribution in [0.1, 0.15) is 11.4 Å². The fourth-order valence-corrected chi connectivity index (χ4v) is 3.83. The van der Waals surface area contributed by atoms with Gasteiger partial charge in [-0.15, -0.1) is 11.3 Å². The number of thiazole rings is 1. The quantitative estimate of drug-likeness (QED) is 0.494. The Balaban J connectivity index is 1.67. The molecule has 2 heterocycles. The predicted octanol–water partition coefficient (Wildman–Crippen LogP) is 5.96. The average molecular weight is 345 g/mol. The third-order valence-corrected chi connectivity index (χ3v) is 5.01. The Morgan fingerprint density at radius 2 is 1.60 bits per heavy atom. The van der Waals surface area contributed by atoms with Crippen LogP contribution in [-0.4, -0.2) is 9.55 Å². The number of benzene rings is 2. The minimum atomic E-state index is 0.908. The smallest absolute Gasteiger partial charge is 0.187 e. The first kappa shape index (κ1) is 15.7. The highest BCUT2D eigenvalue weighted by molar-refractivity contribution is 7.14. The highest BCUT2D eigenvalue weighted by Gasteiger charge is 2.14. The van der Waals surface area contributed by atoms with Crippen LogP contribution < -0.4 is 5.32 Å². The third-order valence-electron chi connectivity index (χ3n) is 4.25. The minimum Gasteiger partial charge on any atom is -0.332 e. The van der Waals surface area contributed by atoms with Crippen molar-refractivity contribution in [2.75, 3.05) is 5.32 Å². The number of rotatable bonds is 4. The molecule has 4 heteroatoms. The normalized spacial score (nSPS) is 10.8. The van der Waals surface area contributed by atoms with Crippen molar-refractivity contribution in [3.63, 3.8) is 0 Å². The Labute approximate surface area is 151 Å². The van der Waals surface area contributed by atoms with E-state index < -0.39 is 0 Å². The number of nitrogens with one attached hydrogen (secondary N) is 1. The molecule has 4 rings (SSSR count).